The number of ether oxygens (including phenoxy) is 2. The molecule has 0 amide bonds. The molecule has 6 nitrogen and oxygen atoms in total. The number of hydrogen-bond acceptors (Lipinski definition) is 6. The zero-order chi connectivity index (χ0) is 14.9. The molecule has 1 unspecified atom stereocenters. The maximum atomic E-state index is 11.5. The number of aromatic nitrogens is 1. The Morgan fingerprint density at radius 2 is 2.10 bits per heavy atom. The highest BCUT2D eigenvalue weighted by atomic mass is 16.7. The Balaban J connectivity index is 2.31. The Morgan fingerprint density at radius 3 is 2.60 bits per heavy atom. The Bertz CT molecular complexity index is 519. The molecule has 1 aliphatic rings. The standard InChI is InChI=1S/C13H18BNO5/c1-8-13(2,3)20-14(19-8)9-6-7-10(12(16)18-5)15-11(9)17-4/h6-8H,1-5H3. The van der Waals surface area contributed by atoms with Crippen molar-refractivity contribution in [3.8, 4) is 5.88 Å². The molecule has 0 bridgehead atoms. The molecular formula is C13H18BNO5. The molecule has 20 heavy (non-hydrogen) atoms. The molecule has 1 aromatic heterocycles. The predicted molar refractivity (Wildman–Crippen MR) is 73.2 cm³/mol. The van der Waals surface area contributed by atoms with Crippen LogP contribution in [0, 0.1) is 0 Å². The third-order valence-electron chi connectivity index (χ3n) is 3.45. The largest absolute Gasteiger partial charge is 0.500 e. The van der Waals surface area contributed by atoms with Gasteiger partial charge in [-0.3, -0.25) is 0 Å². The molecule has 108 valence electrons. The summed E-state index contributed by atoms with van der Waals surface area (Å²) < 4.78 is 21.5. The molecule has 2 heterocycles. The maximum absolute atomic E-state index is 11.5. The average molecular weight is 279 g/mol. The lowest BCUT2D eigenvalue weighted by molar-refractivity contribution is 0.0593. The number of carbonyl (C=O) groups excluding carboxylic acids is 1. The molecule has 0 aromatic carbocycles. The van der Waals surface area contributed by atoms with Gasteiger partial charge in [0.1, 0.15) is 0 Å². The van der Waals surface area contributed by atoms with E-state index in [-0.39, 0.29) is 11.8 Å². The third-order valence-corrected chi connectivity index (χ3v) is 3.45. The van der Waals surface area contributed by atoms with Crippen molar-refractivity contribution in [2.24, 2.45) is 0 Å². The van der Waals surface area contributed by atoms with Gasteiger partial charge in [0.25, 0.3) is 0 Å². The lowest BCUT2D eigenvalue weighted by atomic mass is 9.79. The number of nitrogens with zero attached hydrogens (tertiary/aromatic N) is 1. The molecule has 0 spiro atoms. The average Bonchev–Trinajstić information content (AvgIpc) is 2.71. The quantitative estimate of drug-likeness (QED) is 0.602. The summed E-state index contributed by atoms with van der Waals surface area (Å²) >= 11 is 0. The van der Waals surface area contributed by atoms with Crippen LogP contribution >= 0.6 is 0 Å². The van der Waals surface area contributed by atoms with Gasteiger partial charge in [-0.2, -0.15) is 0 Å². The zero-order valence-electron chi connectivity index (χ0n) is 12.3. The maximum Gasteiger partial charge on any atom is 0.500 e. The van der Waals surface area contributed by atoms with Crippen LogP contribution in [0.15, 0.2) is 12.1 Å². The van der Waals surface area contributed by atoms with Gasteiger partial charge in [-0.1, -0.05) is 6.07 Å². The molecule has 2 rings (SSSR count). The van der Waals surface area contributed by atoms with Crippen LogP contribution in [0.2, 0.25) is 0 Å². The minimum atomic E-state index is -0.561. The van der Waals surface area contributed by atoms with E-state index in [0.717, 1.165) is 0 Å². The zero-order valence-corrected chi connectivity index (χ0v) is 12.3. The Kier molecular flexibility index (Phi) is 4.01. The summed E-state index contributed by atoms with van der Waals surface area (Å²) in [6.07, 6.45) is -0.0579. The first-order chi connectivity index (χ1) is 9.39. The molecule has 0 saturated carbocycles. The fourth-order valence-corrected chi connectivity index (χ4v) is 1.90. The fraction of sp³-hybridized carbons (Fsp3) is 0.538. The van der Waals surface area contributed by atoms with Crippen molar-refractivity contribution in [1.29, 1.82) is 0 Å². The molecular weight excluding hydrogens is 261 g/mol. The highest BCUT2D eigenvalue weighted by Crippen LogP contribution is 2.27. The van der Waals surface area contributed by atoms with Gasteiger partial charge in [-0.05, 0) is 26.8 Å². The summed E-state index contributed by atoms with van der Waals surface area (Å²) in [5, 5.41) is 0. The Hall–Kier alpha value is -1.60. The van der Waals surface area contributed by atoms with Crippen molar-refractivity contribution in [2.75, 3.05) is 14.2 Å². The first-order valence-electron chi connectivity index (χ1n) is 6.35. The minimum absolute atomic E-state index is 0.0579. The van der Waals surface area contributed by atoms with Crippen LogP contribution in [0.4, 0.5) is 0 Å². The Morgan fingerprint density at radius 1 is 1.40 bits per heavy atom. The summed E-state index contributed by atoms with van der Waals surface area (Å²) in [6, 6.07) is 3.27. The van der Waals surface area contributed by atoms with Crippen LogP contribution in [-0.2, 0) is 14.0 Å². The van der Waals surface area contributed by atoms with Gasteiger partial charge in [0.05, 0.1) is 25.9 Å². The summed E-state index contributed by atoms with van der Waals surface area (Å²) in [4.78, 5) is 15.6. The first kappa shape index (κ1) is 14.8. The summed E-state index contributed by atoms with van der Waals surface area (Å²) in [5.41, 5.74) is 0.437. The predicted octanol–water partition coefficient (Wildman–Crippen LogP) is 0.786. The summed E-state index contributed by atoms with van der Waals surface area (Å²) in [5.74, 6) is -0.223. The van der Waals surface area contributed by atoms with Crippen molar-refractivity contribution in [3.63, 3.8) is 0 Å². The van der Waals surface area contributed by atoms with E-state index in [0.29, 0.717) is 11.3 Å². The molecule has 0 radical (unpaired) electrons. The van der Waals surface area contributed by atoms with E-state index in [9.17, 15) is 4.79 Å². The van der Waals surface area contributed by atoms with Crippen LogP contribution in [0.5, 0.6) is 5.88 Å². The molecule has 1 atom stereocenters. The van der Waals surface area contributed by atoms with Crippen molar-refractivity contribution < 1.29 is 23.6 Å². The SMILES string of the molecule is COC(=O)c1ccc(B2OC(C)C(C)(C)O2)c(OC)n1. The Labute approximate surface area is 118 Å². The number of pyridine rings is 1. The number of esters is 1. The van der Waals surface area contributed by atoms with Crippen LogP contribution in [-0.4, -0.2) is 44.0 Å². The third kappa shape index (κ3) is 2.64. The van der Waals surface area contributed by atoms with Crippen LogP contribution in [0.25, 0.3) is 0 Å². The van der Waals surface area contributed by atoms with E-state index in [4.69, 9.17) is 14.0 Å². The molecule has 0 aliphatic carbocycles. The van der Waals surface area contributed by atoms with E-state index in [1.54, 1.807) is 12.1 Å². The van der Waals surface area contributed by atoms with Crippen molar-refractivity contribution in [2.45, 2.75) is 32.5 Å². The second-order valence-corrected chi connectivity index (χ2v) is 5.12. The lowest BCUT2D eigenvalue weighted by Gasteiger charge is -2.21. The number of hydrogen-bond donors (Lipinski definition) is 0. The highest BCUT2D eigenvalue weighted by Gasteiger charge is 2.45. The topological polar surface area (TPSA) is 66.9 Å². The van der Waals surface area contributed by atoms with Crippen LogP contribution in [0.1, 0.15) is 31.3 Å². The fourth-order valence-electron chi connectivity index (χ4n) is 1.90. The number of methoxy groups -OCH3 is 2. The lowest BCUT2D eigenvalue weighted by Crippen LogP contribution is -2.36. The number of rotatable bonds is 3. The van der Waals surface area contributed by atoms with E-state index in [2.05, 4.69) is 9.72 Å². The van der Waals surface area contributed by atoms with E-state index in [1.807, 2.05) is 20.8 Å². The monoisotopic (exact) mass is 279 g/mol. The van der Waals surface area contributed by atoms with Gasteiger partial charge < -0.3 is 18.8 Å². The molecule has 1 aliphatic heterocycles. The van der Waals surface area contributed by atoms with E-state index >= 15 is 0 Å². The molecule has 0 N–H and O–H groups in total. The molecule has 7 heteroatoms. The summed E-state index contributed by atoms with van der Waals surface area (Å²) in [6.45, 7) is 5.86. The van der Waals surface area contributed by atoms with Crippen LogP contribution in [0.3, 0.4) is 0 Å². The minimum Gasteiger partial charge on any atom is -0.481 e. The van der Waals surface area contributed by atoms with Gasteiger partial charge in [0, 0.05) is 5.46 Å². The summed E-state index contributed by atoms with van der Waals surface area (Å²) in [7, 11) is 2.22. The molecule has 1 aromatic rings. The first-order valence-corrected chi connectivity index (χ1v) is 6.35. The van der Waals surface area contributed by atoms with Crippen molar-refractivity contribution in [3.05, 3.63) is 17.8 Å². The number of carbonyl (C=O) groups is 1. The van der Waals surface area contributed by atoms with Gasteiger partial charge in [0.2, 0.25) is 5.88 Å². The van der Waals surface area contributed by atoms with Crippen molar-refractivity contribution >= 4 is 18.6 Å². The van der Waals surface area contributed by atoms with Gasteiger partial charge in [-0.15, -0.1) is 0 Å². The van der Waals surface area contributed by atoms with E-state index in [1.165, 1.54) is 14.2 Å². The molecule has 1 fully saturated rings. The second kappa shape index (κ2) is 5.42. The highest BCUT2D eigenvalue weighted by molar-refractivity contribution is 6.62. The van der Waals surface area contributed by atoms with Crippen LogP contribution < -0.4 is 10.2 Å². The smallest absolute Gasteiger partial charge is 0.481 e. The van der Waals surface area contributed by atoms with Gasteiger partial charge >= 0.3 is 13.1 Å². The second-order valence-electron chi connectivity index (χ2n) is 5.12. The van der Waals surface area contributed by atoms with E-state index < -0.39 is 18.7 Å². The van der Waals surface area contributed by atoms with Crippen molar-refractivity contribution in [1.82, 2.24) is 4.98 Å². The van der Waals surface area contributed by atoms with Gasteiger partial charge in [-0.25, -0.2) is 9.78 Å². The normalized spacial score (nSPS) is 20.9. The molecule has 1 saturated heterocycles. The van der Waals surface area contributed by atoms with Gasteiger partial charge in [0.15, 0.2) is 5.69 Å².